The molecule has 2 aliphatic rings. The molecular formula is C24H31N5O4. The summed E-state index contributed by atoms with van der Waals surface area (Å²) in [5.41, 5.74) is 1.43. The van der Waals surface area contributed by atoms with Crippen LogP contribution < -0.4 is 15.1 Å². The molecule has 2 atom stereocenters. The van der Waals surface area contributed by atoms with Crippen molar-refractivity contribution in [3.8, 4) is 0 Å². The summed E-state index contributed by atoms with van der Waals surface area (Å²) >= 11 is 0. The number of benzene rings is 1. The number of rotatable bonds is 9. The van der Waals surface area contributed by atoms with E-state index in [-0.39, 0.29) is 11.6 Å². The Balaban J connectivity index is 1.59. The molecule has 1 amide bonds. The Labute approximate surface area is 193 Å². The lowest BCUT2D eigenvalue weighted by Gasteiger charge is -2.27. The lowest BCUT2D eigenvalue weighted by Crippen LogP contribution is -2.43. The lowest BCUT2D eigenvalue weighted by atomic mass is 10.1. The summed E-state index contributed by atoms with van der Waals surface area (Å²) in [6.07, 6.45) is 2.61. The Morgan fingerprint density at radius 1 is 1.21 bits per heavy atom. The number of esters is 1. The maximum absolute atomic E-state index is 12.9. The van der Waals surface area contributed by atoms with Gasteiger partial charge in [0.15, 0.2) is 6.04 Å². The van der Waals surface area contributed by atoms with E-state index in [0.717, 1.165) is 19.3 Å². The molecular weight excluding hydrogens is 422 g/mol. The molecule has 1 aliphatic heterocycles. The van der Waals surface area contributed by atoms with Crippen LogP contribution in [0.4, 0.5) is 11.8 Å². The average Bonchev–Trinajstić information content (AvgIpc) is 3.60. The van der Waals surface area contributed by atoms with E-state index in [2.05, 4.69) is 27.4 Å². The van der Waals surface area contributed by atoms with Gasteiger partial charge in [0.05, 0.1) is 13.2 Å². The second-order valence-electron chi connectivity index (χ2n) is 8.74. The van der Waals surface area contributed by atoms with Gasteiger partial charge in [0.2, 0.25) is 5.95 Å². The van der Waals surface area contributed by atoms with Crippen molar-refractivity contribution in [1.82, 2.24) is 15.3 Å². The normalized spacial score (nSPS) is 19.9. The van der Waals surface area contributed by atoms with E-state index in [0.29, 0.717) is 43.7 Å². The van der Waals surface area contributed by atoms with E-state index in [1.54, 1.807) is 11.0 Å². The van der Waals surface area contributed by atoms with Crippen LogP contribution in [0.2, 0.25) is 0 Å². The predicted molar refractivity (Wildman–Crippen MR) is 124 cm³/mol. The number of aromatic nitrogens is 2. The van der Waals surface area contributed by atoms with Gasteiger partial charge in [-0.2, -0.15) is 4.98 Å². The molecule has 9 heteroatoms. The fourth-order valence-corrected chi connectivity index (χ4v) is 3.99. The number of ether oxygens (including phenoxy) is 1. The van der Waals surface area contributed by atoms with Crippen molar-refractivity contribution in [1.29, 1.82) is 0 Å². The van der Waals surface area contributed by atoms with E-state index < -0.39 is 18.1 Å². The number of aliphatic hydroxyl groups is 1. The first-order valence-electron chi connectivity index (χ1n) is 11.4. The minimum atomic E-state index is -0.866. The standard InChI is InChI=1S/C24H31N5O4/c1-28(12-10-16-6-4-3-5-7-16)24-26-18(22(31)25-15-17-8-9-17)14-20(27-24)29-13-11-19(30)21(29)23(32)33-2/h3-7,14,17,19,21,30H,8-13,15H2,1-2H3,(H,25,31). The number of likely N-dealkylation sites (N-methyl/N-ethyl adjacent to an activating group) is 1. The van der Waals surface area contributed by atoms with Crippen molar-refractivity contribution in [2.24, 2.45) is 5.92 Å². The molecule has 4 rings (SSSR count). The zero-order chi connectivity index (χ0) is 23.4. The van der Waals surface area contributed by atoms with Gasteiger partial charge in [0, 0.05) is 32.7 Å². The van der Waals surface area contributed by atoms with E-state index in [1.165, 1.54) is 12.7 Å². The summed E-state index contributed by atoms with van der Waals surface area (Å²) in [6.45, 7) is 1.71. The third kappa shape index (κ3) is 5.60. The minimum absolute atomic E-state index is 0.243. The number of anilines is 2. The second-order valence-corrected chi connectivity index (χ2v) is 8.74. The van der Waals surface area contributed by atoms with Crippen LogP contribution in [0.5, 0.6) is 0 Å². The molecule has 176 valence electrons. The summed E-state index contributed by atoms with van der Waals surface area (Å²) in [4.78, 5) is 38.0. The smallest absolute Gasteiger partial charge is 0.331 e. The highest BCUT2D eigenvalue weighted by Gasteiger charge is 2.40. The zero-order valence-corrected chi connectivity index (χ0v) is 19.1. The highest BCUT2D eigenvalue weighted by molar-refractivity contribution is 5.93. The van der Waals surface area contributed by atoms with Gasteiger partial charge >= 0.3 is 5.97 Å². The van der Waals surface area contributed by atoms with Gasteiger partial charge in [-0.1, -0.05) is 30.3 Å². The van der Waals surface area contributed by atoms with Crippen LogP contribution in [0.15, 0.2) is 36.4 Å². The van der Waals surface area contributed by atoms with Crippen molar-refractivity contribution in [2.45, 2.75) is 37.8 Å². The van der Waals surface area contributed by atoms with Crippen molar-refractivity contribution in [2.75, 3.05) is 43.6 Å². The van der Waals surface area contributed by atoms with E-state index in [4.69, 9.17) is 4.74 Å². The molecule has 1 saturated carbocycles. The Kier molecular flexibility index (Phi) is 7.08. The Morgan fingerprint density at radius 2 is 1.97 bits per heavy atom. The first-order valence-corrected chi connectivity index (χ1v) is 11.4. The van der Waals surface area contributed by atoms with Crippen LogP contribution in [0.3, 0.4) is 0 Å². The fourth-order valence-electron chi connectivity index (χ4n) is 3.99. The molecule has 2 aromatic rings. The summed E-state index contributed by atoms with van der Waals surface area (Å²) in [7, 11) is 3.18. The molecule has 2 N–H and O–H groups in total. The fraction of sp³-hybridized carbons (Fsp3) is 0.500. The molecule has 0 radical (unpaired) electrons. The van der Waals surface area contributed by atoms with Gasteiger partial charge in [-0.3, -0.25) is 4.79 Å². The summed E-state index contributed by atoms with van der Waals surface area (Å²) in [6, 6.07) is 10.8. The number of carbonyl (C=O) groups is 2. The van der Waals surface area contributed by atoms with Crippen LogP contribution in [0.25, 0.3) is 0 Å². The quantitative estimate of drug-likeness (QED) is 0.549. The number of carbonyl (C=O) groups excluding carboxylic acids is 2. The van der Waals surface area contributed by atoms with Gasteiger partial charge in [-0.05, 0) is 37.2 Å². The first-order chi connectivity index (χ1) is 16.0. The SMILES string of the molecule is COC(=O)C1C(O)CCN1c1cc(C(=O)NCC2CC2)nc(N(C)CCc2ccccc2)n1. The summed E-state index contributed by atoms with van der Waals surface area (Å²) < 4.78 is 4.90. The molecule has 1 saturated heterocycles. The number of aliphatic hydroxyl groups excluding tert-OH is 1. The highest BCUT2D eigenvalue weighted by atomic mass is 16.5. The molecule has 2 unspecified atom stereocenters. The molecule has 33 heavy (non-hydrogen) atoms. The molecule has 9 nitrogen and oxygen atoms in total. The van der Waals surface area contributed by atoms with Crippen LogP contribution in [-0.4, -0.2) is 72.9 Å². The molecule has 1 aromatic heterocycles. The number of amides is 1. The van der Waals surface area contributed by atoms with Crippen molar-refractivity contribution in [3.63, 3.8) is 0 Å². The molecule has 1 aromatic carbocycles. The van der Waals surface area contributed by atoms with Crippen LogP contribution in [0.1, 0.15) is 35.3 Å². The van der Waals surface area contributed by atoms with E-state index in [9.17, 15) is 14.7 Å². The number of nitrogens with zero attached hydrogens (tertiary/aromatic N) is 4. The molecule has 0 bridgehead atoms. The van der Waals surface area contributed by atoms with E-state index >= 15 is 0 Å². The van der Waals surface area contributed by atoms with Crippen LogP contribution in [-0.2, 0) is 16.0 Å². The van der Waals surface area contributed by atoms with Gasteiger partial charge in [-0.15, -0.1) is 0 Å². The lowest BCUT2D eigenvalue weighted by molar-refractivity contribution is -0.144. The maximum Gasteiger partial charge on any atom is 0.331 e. The molecule has 1 aliphatic carbocycles. The first kappa shape index (κ1) is 23.0. The van der Waals surface area contributed by atoms with Gasteiger partial charge < -0.3 is 25.0 Å². The van der Waals surface area contributed by atoms with Crippen molar-refractivity contribution < 1.29 is 19.4 Å². The number of nitrogens with one attached hydrogen (secondary N) is 1. The zero-order valence-electron chi connectivity index (χ0n) is 19.1. The number of hydrogen-bond donors (Lipinski definition) is 2. The predicted octanol–water partition coefficient (Wildman–Crippen LogP) is 1.41. The highest BCUT2D eigenvalue weighted by Crippen LogP contribution is 2.29. The second kappa shape index (κ2) is 10.2. The van der Waals surface area contributed by atoms with Gasteiger partial charge in [-0.25, -0.2) is 9.78 Å². The number of methoxy groups -OCH3 is 1. The van der Waals surface area contributed by atoms with Crippen molar-refractivity contribution >= 4 is 23.6 Å². The molecule has 2 fully saturated rings. The topological polar surface area (TPSA) is 108 Å². The van der Waals surface area contributed by atoms with Gasteiger partial charge in [0.1, 0.15) is 11.5 Å². The largest absolute Gasteiger partial charge is 0.467 e. The minimum Gasteiger partial charge on any atom is -0.467 e. The Bertz CT molecular complexity index is 982. The third-order valence-corrected chi connectivity index (χ3v) is 6.20. The summed E-state index contributed by atoms with van der Waals surface area (Å²) in [5.74, 6) is 0.566. The monoisotopic (exact) mass is 453 g/mol. The van der Waals surface area contributed by atoms with E-state index in [1.807, 2.05) is 30.1 Å². The average molecular weight is 454 g/mol. The molecule has 2 heterocycles. The number of hydrogen-bond acceptors (Lipinski definition) is 8. The Hall–Kier alpha value is -3.20. The third-order valence-electron chi connectivity index (χ3n) is 6.20. The van der Waals surface area contributed by atoms with Crippen LogP contribution >= 0.6 is 0 Å². The maximum atomic E-state index is 12.9. The van der Waals surface area contributed by atoms with Crippen LogP contribution in [0, 0.1) is 5.92 Å². The van der Waals surface area contributed by atoms with Gasteiger partial charge in [0.25, 0.3) is 5.91 Å². The van der Waals surface area contributed by atoms with Crippen molar-refractivity contribution in [3.05, 3.63) is 47.7 Å². The molecule has 0 spiro atoms. The summed E-state index contributed by atoms with van der Waals surface area (Å²) in [5, 5.41) is 13.3. The Morgan fingerprint density at radius 3 is 2.67 bits per heavy atom.